The molecular formula is C19H23N3O3S. The van der Waals surface area contributed by atoms with Crippen molar-refractivity contribution in [1.29, 1.82) is 0 Å². The number of nitrogens with one attached hydrogen (secondary N) is 1. The van der Waals surface area contributed by atoms with E-state index in [2.05, 4.69) is 15.3 Å². The zero-order valence-electron chi connectivity index (χ0n) is 14.8. The molecule has 0 radical (unpaired) electrons. The number of hydrogen-bond acceptors (Lipinski definition) is 5. The van der Waals surface area contributed by atoms with Crippen LogP contribution in [-0.2, 0) is 14.6 Å². The van der Waals surface area contributed by atoms with Crippen molar-refractivity contribution in [2.24, 2.45) is 5.92 Å². The van der Waals surface area contributed by atoms with E-state index < -0.39 is 9.84 Å². The van der Waals surface area contributed by atoms with E-state index >= 15 is 0 Å². The molecule has 1 atom stereocenters. The number of nitrogens with zero attached hydrogens (tertiary/aromatic N) is 2. The summed E-state index contributed by atoms with van der Waals surface area (Å²) in [6, 6.07) is 6.63. The van der Waals surface area contributed by atoms with Crippen LogP contribution in [0.25, 0.3) is 0 Å². The third-order valence-corrected chi connectivity index (χ3v) is 6.01. The van der Waals surface area contributed by atoms with Crippen LogP contribution in [-0.4, -0.2) is 30.5 Å². The SMILES string of the molecule is CS(=O)(=O)c1ccc(C(CC2CCCC2)C(=O)Nc2cnccn2)cc1. The largest absolute Gasteiger partial charge is 0.309 e. The topological polar surface area (TPSA) is 89.0 Å². The highest BCUT2D eigenvalue weighted by Gasteiger charge is 2.27. The van der Waals surface area contributed by atoms with Gasteiger partial charge in [-0.15, -0.1) is 0 Å². The molecule has 1 amide bonds. The van der Waals surface area contributed by atoms with Gasteiger partial charge < -0.3 is 5.32 Å². The minimum atomic E-state index is -3.26. The van der Waals surface area contributed by atoms with Crippen LogP contribution in [0, 0.1) is 5.92 Å². The van der Waals surface area contributed by atoms with Gasteiger partial charge in [-0.25, -0.2) is 13.4 Å². The Morgan fingerprint density at radius 2 is 1.88 bits per heavy atom. The number of carbonyl (C=O) groups excluding carboxylic acids is 1. The first-order valence-corrected chi connectivity index (χ1v) is 10.7. The molecule has 1 saturated carbocycles. The van der Waals surface area contributed by atoms with Gasteiger partial charge in [0, 0.05) is 18.6 Å². The lowest BCUT2D eigenvalue weighted by atomic mass is 9.87. The third-order valence-electron chi connectivity index (χ3n) is 4.89. The van der Waals surface area contributed by atoms with Gasteiger partial charge in [0.1, 0.15) is 0 Å². The van der Waals surface area contributed by atoms with Crippen LogP contribution in [0.4, 0.5) is 5.82 Å². The van der Waals surface area contributed by atoms with Gasteiger partial charge in [0.15, 0.2) is 15.7 Å². The molecule has 0 aliphatic heterocycles. The van der Waals surface area contributed by atoms with Crippen molar-refractivity contribution < 1.29 is 13.2 Å². The van der Waals surface area contributed by atoms with Gasteiger partial charge in [-0.1, -0.05) is 37.8 Å². The predicted octanol–water partition coefficient (Wildman–Crippen LogP) is 3.18. The zero-order chi connectivity index (χ0) is 18.6. The lowest BCUT2D eigenvalue weighted by Gasteiger charge is -2.20. The molecule has 3 rings (SSSR count). The molecule has 26 heavy (non-hydrogen) atoms. The fraction of sp³-hybridized carbons (Fsp3) is 0.421. The molecule has 1 aromatic carbocycles. The van der Waals surface area contributed by atoms with E-state index in [1.165, 1.54) is 31.5 Å². The maximum absolute atomic E-state index is 12.9. The van der Waals surface area contributed by atoms with Crippen molar-refractivity contribution in [3.8, 4) is 0 Å². The Morgan fingerprint density at radius 1 is 1.19 bits per heavy atom. The zero-order valence-corrected chi connectivity index (χ0v) is 15.6. The molecule has 1 aromatic heterocycles. The molecule has 7 heteroatoms. The van der Waals surface area contributed by atoms with Gasteiger partial charge >= 0.3 is 0 Å². The standard InChI is InChI=1S/C19H23N3O3S/c1-26(24,25)16-8-6-15(7-9-16)17(12-14-4-2-3-5-14)19(23)22-18-13-20-10-11-21-18/h6-11,13-14,17H,2-5,12H2,1H3,(H,21,22,23). The van der Waals surface area contributed by atoms with E-state index in [4.69, 9.17) is 0 Å². The fourth-order valence-electron chi connectivity index (χ4n) is 3.50. The lowest BCUT2D eigenvalue weighted by molar-refractivity contribution is -0.118. The van der Waals surface area contributed by atoms with Crippen molar-refractivity contribution in [1.82, 2.24) is 9.97 Å². The first-order chi connectivity index (χ1) is 12.4. The number of benzene rings is 1. The number of amides is 1. The quantitative estimate of drug-likeness (QED) is 0.840. The number of hydrogen-bond donors (Lipinski definition) is 1. The summed E-state index contributed by atoms with van der Waals surface area (Å²) >= 11 is 0. The number of rotatable bonds is 6. The molecule has 0 spiro atoms. The summed E-state index contributed by atoms with van der Waals surface area (Å²) in [6.45, 7) is 0. The predicted molar refractivity (Wildman–Crippen MR) is 99.5 cm³/mol. The van der Waals surface area contributed by atoms with Gasteiger partial charge in [-0.05, 0) is 30.0 Å². The maximum Gasteiger partial charge on any atom is 0.233 e. The maximum atomic E-state index is 12.9. The van der Waals surface area contributed by atoms with Crippen LogP contribution in [0.3, 0.4) is 0 Å². The Labute approximate surface area is 154 Å². The molecule has 0 bridgehead atoms. The second-order valence-electron chi connectivity index (χ2n) is 6.86. The van der Waals surface area contributed by atoms with Crippen molar-refractivity contribution >= 4 is 21.6 Å². The van der Waals surface area contributed by atoms with Crippen molar-refractivity contribution in [3.05, 3.63) is 48.4 Å². The van der Waals surface area contributed by atoms with Gasteiger partial charge in [-0.2, -0.15) is 0 Å². The van der Waals surface area contributed by atoms with Crippen LogP contribution in [0.5, 0.6) is 0 Å². The van der Waals surface area contributed by atoms with Gasteiger partial charge in [0.05, 0.1) is 17.0 Å². The molecule has 6 nitrogen and oxygen atoms in total. The first kappa shape index (κ1) is 18.5. The molecule has 1 unspecified atom stereocenters. The van der Waals surface area contributed by atoms with Gasteiger partial charge in [-0.3, -0.25) is 9.78 Å². The van der Waals surface area contributed by atoms with Crippen LogP contribution in [0.2, 0.25) is 0 Å². The summed E-state index contributed by atoms with van der Waals surface area (Å²) in [5, 5.41) is 2.83. The Bertz CT molecular complexity index is 845. The van der Waals surface area contributed by atoms with E-state index in [9.17, 15) is 13.2 Å². The highest BCUT2D eigenvalue weighted by Crippen LogP contribution is 2.35. The van der Waals surface area contributed by atoms with Gasteiger partial charge in [0.2, 0.25) is 5.91 Å². The summed E-state index contributed by atoms with van der Waals surface area (Å²) in [5.74, 6) is 0.460. The minimum absolute atomic E-state index is 0.135. The molecule has 1 N–H and O–H groups in total. The summed E-state index contributed by atoms with van der Waals surface area (Å²) in [6.07, 6.45) is 11.2. The van der Waals surface area contributed by atoms with Crippen LogP contribution in [0.15, 0.2) is 47.8 Å². The number of sulfone groups is 1. The lowest BCUT2D eigenvalue weighted by Crippen LogP contribution is -2.23. The molecule has 2 aromatic rings. The normalized spacial score (nSPS) is 16.3. The Balaban J connectivity index is 1.83. The summed E-state index contributed by atoms with van der Waals surface area (Å²) in [7, 11) is -3.26. The second kappa shape index (κ2) is 7.95. The molecule has 138 valence electrons. The molecule has 1 aliphatic carbocycles. The summed E-state index contributed by atoms with van der Waals surface area (Å²) < 4.78 is 23.3. The first-order valence-electron chi connectivity index (χ1n) is 8.80. The molecule has 0 saturated heterocycles. The average molecular weight is 373 g/mol. The van der Waals surface area contributed by atoms with Crippen LogP contribution >= 0.6 is 0 Å². The summed E-state index contributed by atoms with van der Waals surface area (Å²) in [5.41, 5.74) is 0.825. The number of aromatic nitrogens is 2. The highest BCUT2D eigenvalue weighted by atomic mass is 32.2. The summed E-state index contributed by atoms with van der Waals surface area (Å²) in [4.78, 5) is 21.2. The fourth-order valence-corrected chi connectivity index (χ4v) is 4.13. The Morgan fingerprint density at radius 3 is 2.46 bits per heavy atom. The van der Waals surface area contributed by atoms with Crippen molar-refractivity contribution in [2.45, 2.75) is 42.9 Å². The van der Waals surface area contributed by atoms with Gasteiger partial charge in [0.25, 0.3) is 0 Å². The molecule has 1 fully saturated rings. The van der Waals surface area contributed by atoms with E-state index in [1.54, 1.807) is 30.5 Å². The molecule has 1 aliphatic rings. The molecule has 1 heterocycles. The smallest absolute Gasteiger partial charge is 0.233 e. The van der Waals surface area contributed by atoms with Crippen molar-refractivity contribution in [2.75, 3.05) is 11.6 Å². The van der Waals surface area contributed by atoms with E-state index in [1.807, 2.05) is 0 Å². The number of carbonyl (C=O) groups is 1. The van der Waals surface area contributed by atoms with E-state index in [0.29, 0.717) is 11.7 Å². The van der Waals surface area contributed by atoms with E-state index in [0.717, 1.165) is 24.8 Å². The van der Waals surface area contributed by atoms with Crippen LogP contribution in [0.1, 0.15) is 43.6 Å². The number of anilines is 1. The molecular weight excluding hydrogens is 350 g/mol. The monoisotopic (exact) mass is 373 g/mol. The minimum Gasteiger partial charge on any atom is -0.309 e. The Kier molecular flexibility index (Phi) is 5.66. The highest BCUT2D eigenvalue weighted by molar-refractivity contribution is 7.90. The second-order valence-corrected chi connectivity index (χ2v) is 8.88. The Hall–Kier alpha value is -2.28. The van der Waals surface area contributed by atoms with Crippen LogP contribution < -0.4 is 5.32 Å². The average Bonchev–Trinajstić information content (AvgIpc) is 3.13. The third kappa shape index (κ3) is 4.66. The van der Waals surface area contributed by atoms with E-state index in [-0.39, 0.29) is 16.7 Å². The van der Waals surface area contributed by atoms with Crippen molar-refractivity contribution in [3.63, 3.8) is 0 Å².